The first-order chi connectivity index (χ1) is 20.5. The van der Waals surface area contributed by atoms with Crippen molar-refractivity contribution in [2.24, 2.45) is 27.7 Å². The van der Waals surface area contributed by atoms with Crippen LogP contribution in [-0.4, -0.2) is 85.6 Å². The summed E-state index contributed by atoms with van der Waals surface area (Å²) in [5.41, 5.74) is 0. The van der Waals surface area contributed by atoms with E-state index in [0.717, 1.165) is 96.2 Å². The molecule has 234 valence electrons. The van der Waals surface area contributed by atoms with Crippen molar-refractivity contribution < 1.29 is 9.59 Å². The average molecular weight is 602 g/mol. The number of carbonyl (C=O) groups excluding carboxylic acids is 2. The van der Waals surface area contributed by atoms with Gasteiger partial charge in [0.05, 0.1) is 24.8 Å². The molecule has 0 aromatic rings. The molecule has 0 aromatic heterocycles. The lowest BCUT2D eigenvalue weighted by Gasteiger charge is -2.37. The van der Waals surface area contributed by atoms with Gasteiger partial charge in [0.15, 0.2) is 5.11 Å². The van der Waals surface area contributed by atoms with Gasteiger partial charge < -0.3 is 37.2 Å². The van der Waals surface area contributed by atoms with E-state index in [2.05, 4.69) is 54.1 Å². The molecule has 11 nitrogen and oxygen atoms in total. The van der Waals surface area contributed by atoms with Crippen molar-refractivity contribution >= 4 is 40.9 Å². The molecule has 7 N–H and O–H groups in total. The van der Waals surface area contributed by atoms with Gasteiger partial charge in [0.25, 0.3) is 0 Å². The molecule has 0 bridgehead atoms. The molecule has 3 saturated carbocycles. The lowest BCUT2D eigenvalue weighted by Crippen LogP contribution is -2.55. The molecule has 3 atom stereocenters. The lowest BCUT2D eigenvalue weighted by molar-refractivity contribution is -0.126. The molecule has 2 aliphatic heterocycles. The number of urea groups is 1. The van der Waals surface area contributed by atoms with E-state index in [9.17, 15) is 9.59 Å². The minimum atomic E-state index is -0.166. The summed E-state index contributed by atoms with van der Waals surface area (Å²) < 4.78 is 0. The highest BCUT2D eigenvalue weighted by Crippen LogP contribution is 2.28. The van der Waals surface area contributed by atoms with Crippen LogP contribution < -0.4 is 37.2 Å². The summed E-state index contributed by atoms with van der Waals surface area (Å²) >= 11 is 5.74. The van der Waals surface area contributed by atoms with Gasteiger partial charge in [0.2, 0.25) is 5.91 Å². The van der Waals surface area contributed by atoms with Crippen molar-refractivity contribution in [2.45, 2.75) is 108 Å². The van der Waals surface area contributed by atoms with E-state index in [4.69, 9.17) is 12.2 Å². The van der Waals surface area contributed by atoms with E-state index in [1.54, 1.807) is 0 Å². The molecule has 3 fully saturated rings. The molecule has 42 heavy (non-hydrogen) atoms. The minimum absolute atomic E-state index is 0.0185. The Morgan fingerprint density at radius 1 is 0.738 bits per heavy atom. The first-order valence-electron chi connectivity index (χ1n) is 16.4. The molecule has 0 aromatic carbocycles. The van der Waals surface area contributed by atoms with Gasteiger partial charge in [-0.3, -0.25) is 14.8 Å². The number of nitrogens with one attached hydrogen (secondary N) is 7. The number of hydrogen-bond acceptors (Lipinski definition) is 7. The number of hydrogen-bond donors (Lipinski definition) is 7. The Hall–Kier alpha value is -2.63. The van der Waals surface area contributed by atoms with Crippen LogP contribution in [0.3, 0.4) is 0 Å². The molecule has 0 radical (unpaired) electrons. The van der Waals surface area contributed by atoms with Crippen molar-refractivity contribution in [1.82, 2.24) is 37.2 Å². The zero-order valence-electron chi connectivity index (χ0n) is 25.2. The van der Waals surface area contributed by atoms with Crippen LogP contribution in [0.25, 0.3) is 0 Å². The predicted octanol–water partition coefficient (Wildman–Crippen LogP) is 1.93. The highest BCUT2D eigenvalue weighted by Gasteiger charge is 2.35. The Bertz CT molecular complexity index is 937. The number of rotatable bonds is 9. The second-order valence-electron chi connectivity index (χ2n) is 12.8. The smallest absolute Gasteiger partial charge is 0.315 e. The molecule has 0 spiro atoms. The fourth-order valence-corrected chi connectivity index (χ4v) is 7.72. The third kappa shape index (κ3) is 8.70. The monoisotopic (exact) mass is 601 g/mol. The maximum atomic E-state index is 13.0. The molecule has 5 rings (SSSR count). The summed E-state index contributed by atoms with van der Waals surface area (Å²) in [4.78, 5) is 35.2. The SMILES string of the molecule is CCCNC(=O)C1CC(NC(=O)NC2CCC(C3=NCCN3)CC2)CC(NC(=S)NC2CCC(C3=NCCN3)CC2)C1. The molecular weight excluding hydrogens is 550 g/mol. The first kappa shape index (κ1) is 30.8. The first-order valence-corrected chi connectivity index (χ1v) is 16.9. The van der Waals surface area contributed by atoms with E-state index in [-0.39, 0.29) is 36.0 Å². The van der Waals surface area contributed by atoms with Gasteiger partial charge in [0.1, 0.15) is 0 Å². The minimum Gasteiger partial charge on any atom is -0.372 e. The van der Waals surface area contributed by atoms with Crippen LogP contribution in [0.1, 0.15) is 84.0 Å². The highest BCUT2D eigenvalue weighted by molar-refractivity contribution is 7.80. The lowest BCUT2D eigenvalue weighted by atomic mass is 9.81. The molecule has 2 heterocycles. The number of amides is 3. The molecule has 3 amide bonds. The Morgan fingerprint density at radius 3 is 1.76 bits per heavy atom. The molecular formula is C30H51N9O2S. The van der Waals surface area contributed by atoms with Crippen LogP contribution in [0, 0.1) is 17.8 Å². The van der Waals surface area contributed by atoms with Gasteiger partial charge in [-0.05, 0) is 89.3 Å². The van der Waals surface area contributed by atoms with E-state index in [0.29, 0.717) is 42.4 Å². The van der Waals surface area contributed by atoms with Crippen LogP contribution in [0.4, 0.5) is 4.79 Å². The highest BCUT2D eigenvalue weighted by atomic mass is 32.1. The number of thiocarbonyl (C=S) groups is 1. The maximum Gasteiger partial charge on any atom is 0.315 e. The van der Waals surface area contributed by atoms with Crippen LogP contribution in [0.5, 0.6) is 0 Å². The Balaban J connectivity index is 1.08. The predicted molar refractivity (Wildman–Crippen MR) is 171 cm³/mol. The van der Waals surface area contributed by atoms with Crippen molar-refractivity contribution in [1.29, 1.82) is 0 Å². The van der Waals surface area contributed by atoms with Gasteiger partial charge in [-0.15, -0.1) is 0 Å². The quantitative estimate of drug-likeness (QED) is 0.200. The second kappa shape index (κ2) is 15.2. The van der Waals surface area contributed by atoms with Gasteiger partial charge >= 0.3 is 6.03 Å². The van der Waals surface area contributed by atoms with E-state index in [1.165, 1.54) is 5.84 Å². The number of aliphatic imine (C=N–C) groups is 2. The molecule has 3 unspecified atom stereocenters. The van der Waals surface area contributed by atoms with Gasteiger partial charge in [-0.1, -0.05) is 6.92 Å². The van der Waals surface area contributed by atoms with Gasteiger partial charge in [-0.25, -0.2) is 4.79 Å². The number of amidine groups is 2. The van der Waals surface area contributed by atoms with Crippen molar-refractivity contribution in [2.75, 3.05) is 32.7 Å². The molecule has 12 heteroatoms. The van der Waals surface area contributed by atoms with Crippen LogP contribution >= 0.6 is 12.2 Å². The topological polar surface area (TPSA) is 143 Å². The van der Waals surface area contributed by atoms with E-state index >= 15 is 0 Å². The second-order valence-corrected chi connectivity index (χ2v) is 13.2. The number of carbonyl (C=O) groups is 2. The van der Waals surface area contributed by atoms with Crippen molar-refractivity contribution in [3.8, 4) is 0 Å². The summed E-state index contributed by atoms with van der Waals surface area (Å²) in [5, 5.41) is 24.0. The zero-order valence-corrected chi connectivity index (χ0v) is 26.0. The Morgan fingerprint density at radius 2 is 1.24 bits per heavy atom. The van der Waals surface area contributed by atoms with Crippen molar-refractivity contribution in [3.05, 3.63) is 0 Å². The Labute approximate surface area is 256 Å². The summed E-state index contributed by atoms with van der Waals surface area (Å²) in [6.45, 7) is 6.41. The summed E-state index contributed by atoms with van der Waals surface area (Å²) in [6, 6.07) is 0.312. The third-order valence-corrected chi connectivity index (χ3v) is 9.83. The molecule has 0 saturated heterocycles. The normalized spacial score (nSPS) is 32.8. The van der Waals surface area contributed by atoms with Gasteiger partial charge in [0, 0.05) is 61.6 Å². The summed E-state index contributed by atoms with van der Waals surface area (Å²) in [5.74, 6) is 3.28. The number of nitrogens with zero attached hydrogens (tertiary/aromatic N) is 2. The van der Waals surface area contributed by atoms with Crippen LogP contribution in [0.15, 0.2) is 9.98 Å². The maximum absolute atomic E-state index is 13.0. The molecule has 5 aliphatic rings. The summed E-state index contributed by atoms with van der Waals surface area (Å²) in [6.07, 6.45) is 11.4. The largest absolute Gasteiger partial charge is 0.372 e. The summed E-state index contributed by atoms with van der Waals surface area (Å²) in [7, 11) is 0. The Kier molecular flexibility index (Phi) is 11.2. The molecule has 3 aliphatic carbocycles. The van der Waals surface area contributed by atoms with Crippen molar-refractivity contribution in [3.63, 3.8) is 0 Å². The van der Waals surface area contributed by atoms with E-state index < -0.39 is 0 Å². The average Bonchev–Trinajstić information content (AvgIpc) is 3.72. The van der Waals surface area contributed by atoms with Crippen LogP contribution in [-0.2, 0) is 4.79 Å². The third-order valence-electron chi connectivity index (χ3n) is 9.60. The fourth-order valence-electron chi connectivity index (χ4n) is 7.39. The zero-order chi connectivity index (χ0) is 29.3. The fraction of sp³-hybridized carbons (Fsp3) is 0.833. The van der Waals surface area contributed by atoms with E-state index in [1.807, 2.05) is 0 Å². The van der Waals surface area contributed by atoms with Crippen LogP contribution in [0.2, 0.25) is 0 Å². The standard InChI is InChI=1S/C30H51N9O2S/c1-2-11-35-28(40)21-16-24(37-29(41)36-22-7-3-19(4-8-22)26-31-12-13-32-26)18-25(17-21)39-30(42)38-23-9-5-20(6-10-23)27-33-14-15-34-27/h19-25H,2-18H2,1H3,(H,31,32)(H,33,34)(H,35,40)(H2,36,37,41)(H2,38,39,42). The van der Waals surface area contributed by atoms with Gasteiger partial charge in [-0.2, -0.15) is 0 Å².